The first kappa shape index (κ1) is 25.0. The zero-order chi connectivity index (χ0) is 25.8. The van der Waals surface area contributed by atoms with Gasteiger partial charge < -0.3 is 14.0 Å². The van der Waals surface area contributed by atoms with Gasteiger partial charge in [-0.05, 0) is 55.7 Å². The van der Waals surface area contributed by atoms with Gasteiger partial charge in [-0.15, -0.1) is 0 Å². The molecule has 0 fully saturated rings. The van der Waals surface area contributed by atoms with Crippen molar-refractivity contribution in [2.75, 3.05) is 14.2 Å². The molecule has 0 spiro atoms. The van der Waals surface area contributed by atoms with Crippen molar-refractivity contribution in [1.82, 2.24) is 9.13 Å². The first-order valence-corrected chi connectivity index (χ1v) is 12.0. The highest BCUT2D eigenvalue weighted by Gasteiger charge is 2.12. The normalized spacial score (nSPS) is 12.2. The Hall–Kier alpha value is -4.06. The molecule has 36 heavy (non-hydrogen) atoms. The second kappa shape index (κ2) is 10.7. The average Bonchev–Trinajstić information content (AvgIpc) is 2.87. The third-order valence-electron chi connectivity index (χ3n) is 6.36. The molecule has 0 radical (unpaired) electrons. The number of methoxy groups -OCH3 is 2. The molecule has 0 saturated heterocycles. The van der Waals surface area contributed by atoms with E-state index in [9.17, 15) is 0 Å². The lowest BCUT2D eigenvalue weighted by Gasteiger charge is -2.16. The second-order valence-corrected chi connectivity index (χ2v) is 9.04. The molecular formula is C30H34N4O2. The fourth-order valence-electron chi connectivity index (χ4n) is 4.55. The summed E-state index contributed by atoms with van der Waals surface area (Å²) in [6.45, 7) is 6.90. The Morgan fingerprint density at radius 1 is 0.750 bits per heavy atom. The quantitative estimate of drug-likeness (QED) is 0.374. The van der Waals surface area contributed by atoms with E-state index in [4.69, 9.17) is 19.5 Å². The van der Waals surface area contributed by atoms with Crippen LogP contribution < -0.4 is 20.6 Å². The van der Waals surface area contributed by atoms with Crippen LogP contribution in [-0.4, -0.2) is 23.4 Å². The fourth-order valence-corrected chi connectivity index (χ4v) is 4.55. The Bertz CT molecular complexity index is 1510. The maximum Gasteiger partial charge on any atom is 0.206 e. The number of hydrogen-bond acceptors (Lipinski definition) is 4. The van der Waals surface area contributed by atoms with E-state index in [-0.39, 0.29) is 0 Å². The van der Waals surface area contributed by atoms with E-state index in [1.807, 2.05) is 55.1 Å². The third kappa shape index (κ3) is 5.13. The molecule has 186 valence electrons. The molecule has 0 aliphatic carbocycles. The van der Waals surface area contributed by atoms with Crippen molar-refractivity contribution in [1.29, 1.82) is 0 Å². The van der Waals surface area contributed by atoms with E-state index >= 15 is 0 Å². The molecule has 0 aliphatic heterocycles. The van der Waals surface area contributed by atoms with Crippen molar-refractivity contribution in [2.45, 2.75) is 27.3 Å². The molecule has 1 heterocycles. The third-order valence-corrected chi connectivity index (χ3v) is 6.36. The van der Waals surface area contributed by atoms with E-state index < -0.39 is 0 Å². The SMILES string of the molecule is COc1ccc(-c2c/c(=N/c3c(C)cc(C)cc3C)n(C)/c(=N\Cc3ccccc3)n2C)cc1OC. The summed E-state index contributed by atoms with van der Waals surface area (Å²) in [7, 11) is 7.34. The fraction of sp³-hybridized carbons (Fsp3) is 0.267. The van der Waals surface area contributed by atoms with Crippen LogP contribution in [0.4, 0.5) is 5.69 Å². The summed E-state index contributed by atoms with van der Waals surface area (Å²) in [4.78, 5) is 10.1. The first-order chi connectivity index (χ1) is 17.3. The van der Waals surface area contributed by atoms with Gasteiger partial charge in [-0.2, -0.15) is 0 Å². The summed E-state index contributed by atoms with van der Waals surface area (Å²) >= 11 is 0. The minimum Gasteiger partial charge on any atom is -0.493 e. The van der Waals surface area contributed by atoms with Gasteiger partial charge in [-0.3, -0.25) is 4.57 Å². The molecule has 6 nitrogen and oxygen atoms in total. The van der Waals surface area contributed by atoms with Gasteiger partial charge in [0.1, 0.15) is 5.49 Å². The summed E-state index contributed by atoms with van der Waals surface area (Å²) in [6.07, 6.45) is 0. The van der Waals surface area contributed by atoms with Crippen molar-refractivity contribution >= 4 is 5.69 Å². The van der Waals surface area contributed by atoms with Gasteiger partial charge in [0.25, 0.3) is 0 Å². The van der Waals surface area contributed by atoms with Gasteiger partial charge >= 0.3 is 0 Å². The summed E-state index contributed by atoms with van der Waals surface area (Å²) in [5.74, 6) is 1.37. The molecule has 0 saturated carbocycles. The van der Waals surface area contributed by atoms with Crippen LogP contribution in [-0.2, 0) is 20.6 Å². The number of aromatic nitrogens is 2. The Morgan fingerprint density at radius 2 is 1.42 bits per heavy atom. The first-order valence-electron chi connectivity index (χ1n) is 12.0. The number of nitrogens with zero attached hydrogens (tertiary/aromatic N) is 4. The largest absolute Gasteiger partial charge is 0.493 e. The Labute approximate surface area is 212 Å². The predicted molar refractivity (Wildman–Crippen MR) is 145 cm³/mol. The molecule has 0 N–H and O–H groups in total. The van der Waals surface area contributed by atoms with Crippen LogP contribution in [0.2, 0.25) is 0 Å². The zero-order valence-electron chi connectivity index (χ0n) is 22.2. The van der Waals surface area contributed by atoms with Crippen LogP contribution in [0.15, 0.2) is 76.7 Å². The van der Waals surface area contributed by atoms with Crippen molar-refractivity contribution in [2.24, 2.45) is 24.1 Å². The summed E-state index contributed by atoms with van der Waals surface area (Å²) in [5.41, 5.74) is 9.26. The van der Waals surface area contributed by atoms with Crippen molar-refractivity contribution in [3.8, 4) is 22.8 Å². The van der Waals surface area contributed by atoms with Gasteiger partial charge in [0.15, 0.2) is 11.5 Å². The van der Waals surface area contributed by atoms with Gasteiger partial charge in [0.05, 0.1) is 32.1 Å². The van der Waals surface area contributed by atoms with Crippen molar-refractivity contribution < 1.29 is 9.47 Å². The Balaban J connectivity index is 2.00. The minimum absolute atomic E-state index is 0.569. The zero-order valence-corrected chi connectivity index (χ0v) is 22.2. The number of aryl methyl sites for hydroxylation is 3. The lowest BCUT2D eigenvalue weighted by Crippen LogP contribution is -2.39. The standard InChI is InChI=1S/C30H34N4O2/c1-20-15-21(2)29(22(3)16-20)32-28-18-25(24-13-14-26(35-6)27(17-24)36-7)33(4)30(34(28)5)31-19-23-11-9-8-10-12-23/h8-18H,19H2,1-7H3/b31-30-,32-28-. The Morgan fingerprint density at radius 3 is 2.06 bits per heavy atom. The molecule has 6 heteroatoms. The number of rotatable bonds is 6. The van der Waals surface area contributed by atoms with Gasteiger partial charge in [0, 0.05) is 25.7 Å². The molecule has 4 aromatic rings. The molecule has 1 aromatic heterocycles. The molecule has 0 aliphatic rings. The predicted octanol–water partition coefficient (Wildman–Crippen LogP) is 5.31. The van der Waals surface area contributed by atoms with E-state index in [0.717, 1.165) is 44.7 Å². The summed E-state index contributed by atoms with van der Waals surface area (Å²) in [5, 5.41) is 0. The van der Waals surface area contributed by atoms with Gasteiger partial charge in [-0.25, -0.2) is 9.98 Å². The maximum atomic E-state index is 5.58. The number of hydrogen-bond donors (Lipinski definition) is 0. The molecule has 0 amide bonds. The van der Waals surface area contributed by atoms with Crippen LogP contribution in [0, 0.1) is 20.8 Å². The molecule has 4 rings (SSSR count). The molecule has 0 atom stereocenters. The van der Waals surface area contributed by atoms with Crippen LogP contribution in [0.1, 0.15) is 22.3 Å². The average molecular weight is 483 g/mol. The van der Waals surface area contributed by atoms with Crippen LogP contribution >= 0.6 is 0 Å². The van der Waals surface area contributed by atoms with Crippen LogP contribution in [0.3, 0.4) is 0 Å². The highest BCUT2D eigenvalue weighted by Crippen LogP contribution is 2.31. The highest BCUT2D eigenvalue weighted by atomic mass is 16.5. The van der Waals surface area contributed by atoms with Crippen LogP contribution in [0.5, 0.6) is 11.5 Å². The van der Waals surface area contributed by atoms with Gasteiger partial charge in [0.2, 0.25) is 5.62 Å². The second-order valence-electron chi connectivity index (χ2n) is 9.04. The summed E-state index contributed by atoms with van der Waals surface area (Å²) in [6, 6.07) is 22.7. The van der Waals surface area contributed by atoms with E-state index in [1.54, 1.807) is 14.2 Å². The van der Waals surface area contributed by atoms with Gasteiger partial charge in [-0.1, -0.05) is 48.0 Å². The lowest BCUT2D eigenvalue weighted by atomic mass is 10.1. The minimum atomic E-state index is 0.569. The lowest BCUT2D eigenvalue weighted by molar-refractivity contribution is 0.355. The number of ether oxygens (including phenoxy) is 2. The van der Waals surface area contributed by atoms with E-state index in [2.05, 4.69) is 55.7 Å². The highest BCUT2D eigenvalue weighted by molar-refractivity contribution is 5.64. The smallest absolute Gasteiger partial charge is 0.206 e. The van der Waals surface area contributed by atoms with E-state index in [1.165, 1.54) is 5.56 Å². The topological polar surface area (TPSA) is 53.0 Å². The molecule has 0 unspecified atom stereocenters. The van der Waals surface area contributed by atoms with E-state index in [0.29, 0.717) is 18.0 Å². The Kier molecular flexibility index (Phi) is 7.44. The van der Waals surface area contributed by atoms with Crippen molar-refractivity contribution in [3.63, 3.8) is 0 Å². The monoisotopic (exact) mass is 482 g/mol. The molecule has 3 aromatic carbocycles. The molecular weight excluding hydrogens is 448 g/mol. The summed E-state index contributed by atoms with van der Waals surface area (Å²) < 4.78 is 15.2. The van der Waals surface area contributed by atoms with Crippen molar-refractivity contribution in [3.05, 3.63) is 100 Å². The maximum absolute atomic E-state index is 5.58. The van der Waals surface area contributed by atoms with Crippen LogP contribution in [0.25, 0.3) is 11.3 Å². The number of benzene rings is 3. The molecule has 0 bridgehead atoms.